The minimum absolute atomic E-state index is 0.221. The molecule has 0 spiro atoms. The van der Waals surface area contributed by atoms with Crippen LogP contribution in [0.15, 0.2) is 24.3 Å². The molecule has 0 amide bonds. The third kappa shape index (κ3) is 2.68. The first kappa shape index (κ1) is 12.4. The zero-order chi connectivity index (χ0) is 13.2. The first-order valence-electron chi connectivity index (χ1n) is 6.74. The van der Waals surface area contributed by atoms with Crippen molar-refractivity contribution in [1.82, 2.24) is 15.3 Å². The van der Waals surface area contributed by atoms with E-state index in [-0.39, 0.29) is 5.82 Å². The van der Waals surface area contributed by atoms with Crippen molar-refractivity contribution in [2.24, 2.45) is 5.92 Å². The lowest BCUT2D eigenvalue weighted by atomic mass is 10.1. The Balaban J connectivity index is 1.84. The highest BCUT2D eigenvalue weighted by Gasteiger charge is 2.18. The summed E-state index contributed by atoms with van der Waals surface area (Å²) >= 11 is 0. The van der Waals surface area contributed by atoms with Crippen molar-refractivity contribution in [2.45, 2.75) is 19.8 Å². The maximum absolute atomic E-state index is 13.3. The number of hydrogen-bond donors (Lipinski definition) is 2. The van der Waals surface area contributed by atoms with E-state index < -0.39 is 0 Å². The quantitative estimate of drug-likeness (QED) is 0.889. The monoisotopic (exact) mass is 259 g/mol. The van der Waals surface area contributed by atoms with Crippen LogP contribution in [0.25, 0.3) is 11.3 Å². The summed E-state index contributed by atoms with van der Waals surface area (Å²) in [7, 11) is 0. The Morgan fingerprint density at radius 1 is 1.42 bits per heavy atom. The standard InChI is InChI=1S/C15H18FN3/c1-10-15(12-3-2-4-13(16)8-12)19-14(18-10)7-11-5-6-17-9-11/h2-4,8,11,17H,5-7,9H2,1H3,(H,18,19). The lowest BCUT2D eigenvalue weighted by Gasteiger charge is -2.04. The summed E-state index contributed by atoms with van der Waals surface area (Å²) in [5, 5.41) is 3.36. The van der Waals surface area contributed by atoms with E-state index in [2.05, 4.69) is 15.3 Å². The number of benzene rings is 1. The molecule has 2 N–H and O–H groups in total. The molecule has 1 aliphatic rings. The predicted molar refractivity (Wildman–Crippen MR) is 73.4 cm³/mol. The maximum atomic E-state index is 13.3. The van der Waals surface area contributed by atoms with Gasteiger partial charge in [-0.25, -0.2) is 9.37 Å². The van der Waals surface area contributed by atoms with Gasteiger partial charge in [-0.3, -0.25) is 0 Å². The molecule has 1 unspecified atom stereocenters. The summed E-state index contributed by atoms with van der Waals surface area (Å²) in [6.07, 6.45) is 2.16. The van der Waals surface area contributed by atoms with Gasteiger partial charge in [0.1, 0.15) is 11.6 Å². The lowest BCUT2D eigenvalue weighted by Crippen LogP contribution is -2.11. The summed E-state index contributed by atoms with van der Waals surface area (Å²) in [5.41, 5.74) is 2.71. The number of nitrogens with one attached hydrogen (secondary N) is 2. The predicted octanol–water partition coefficient (Wildman–Crippen LogP) is 2.68. The van der Waals surface area contributed by atoms with E-state index in [1.807, 2.05) is 13.0 Å². The fourth-order valence-electron chi connectivity index (χ4n) is 2.70. The number of hydrogen-bond acceptors (Lipinski definition) is 2. The first-order valence-corrected chi connectivity index (χ1v) is 6.74. The Morgan fingerprint density at radius 3 is 3.05 bits per heavy atom. The van der Waals surface area contributed by atoms with E-state index in [1.54, 1.807) is 6.07 Å². The maximum Gasteiger partial charge on any atom is 0.123 e. The second kappa shape index (κ2) is 5.13. The molecule has 0 radical (unpaired) electrons. The second-order valence-electron chi connectivity index (χ2n) is 5.23. The van der Waals surface area contributed by atoms with Gasteiger partial charge < -0.3 is 10.3 Å². The SMILES string of the molecule is Cc1[nH]c(CC2CCNC2)nc1-c1cccc(F)c1. The topological polar surface area (TPSA) is 40.7 Å². The van der Waals surface area contributed by atoms with Gasteiger partial charge in [-0.2, -0.15) is 0 Å². The highest BCUT2D eigenvalue weighted by Crippen LogP contribution is 2.23. The summed E-state index contributed by atoms with van der Waals surface area (Å²) in [6.45, 7) is 4.15. The van der Waals surface area contributed by atoms with E-state index in [0.717, 1.165) is 42.3 Å². The normalized spacial score (nSPS) is 18.9. The molecule has 1 aromatic heterocycles. The van der Waals surface area contributed by atoms with E-state index in [9.17, 15) is 4.39 Å². The van der Waals surface area contributed by atoms with Crippen LogP contribution in [0.3, 0.4) is 0 Å². The molecule has 3 rings (SSSR count). The lowest BCUT2D eigenvalue weighted by molar-refractivity contribution is 0.564. The van der Waals surface area contributed by atoms with E-state index in [1.165, 1.54) is 18.6 Å². The molecule has 0 saturated carbocycles. The highest BCUT2D eigenvalue weighted by molar-refractivity contribution is 5.61. The minimum Gasteiger partial charge on any atom is -0.346 e. The average Bonchev–Trinajstić information content (AvgIpc) is 3.00. The Bertz CT molecular complexity index is 571. The summed E-state index contributed by atoms with van der Waals surface area (Å²) in [5.74, 6) is 1.44. The summed E-state index contributed by atoms with van der Waals surface area (Å²) in [6, 6.07) is 6.60. The highest BCUT2D eigenvalue weighted by atomic mass is 19.1. The van der Waals surface area contributed by atoms with Crippen molar-refractivity contribution in [2.75, 3.05) is 13.1 Å². The van der Waals surface area contributed by atoms with Crippen LogP contribution in [0, 0.1) is 18.7 Å². The number of imidazole rings is 1. The van der Waals surface area contributed by atoms with Crippen LogP contribution in [-0.4, -0.2) is 23.1 Å². The molecule has 1 atom stereocenters. The van der Waals surface area contributed by atoms with Gasteiger partial charge in [0.05, 0.1) is 5.69 Å². The van der Waals surface area contributed by atoms with Gasteiger partial charge in [0.2, 0.25) is 0 Å². The number of halogens is 1. The number of H-pyrrole nitrogens is 1. The van der Waals surface area contributed by atoms with E-state index in [4.69, 9.17) is 0 Å². The molecule has 1 aliphatic heterocycles. The Morgan fingerprint density at radius 2 is 2.32 bits per heavy atom. The number of nitrogens with zero attached hydrogens (tertiary/aromatic N) is 1. The van der Waals surface area contributed by atoms with Crippen molar-refractivity contribution in [1.29, 1.82) is 0 Å². The van der Waals surface area contributed by atoms with Gasteiger partial charge in [0.15, 0.2) is 0 Å². The molecule has 2 heterocycles. The van der Waals surface area contributed by atoms with Crippen molar-refractivity contribution < 1.29 is 4.39 Å². The minimum atomic E-state index is -0.221. The Labute approximate surface area is 112 Å². The fraction of sp³-hybridized carbons (Fsp3) is 0.400. The zero-order valence-electron chi connectivity index (χ0n) is 11.0. The molecule has 100 valence electrons. The molecule has 1 saturated heterocycles. The second-order valence-corrected chi connectivity index (χ2v) is 5.23. The van der Waals surface area contributed by atoms with Crippen LogP contribution in [0.2, 0.25) is 0 Å². The van der Waals surface area contributed by atoms with Crippen molar-refractivity contribution >= 4 is 0 Å². The van der Waals surface area contributed by atoms with Crippen LogP contribution in [0.4, 0.5) is 4.39 Å². The largest absolute Gasteiger partial charge is 0.346 e. The number of aromatic amines is 1. The number of aryl methyl sites for hydroxylation is 1. The van der Waals surface area contributed by atoms with E-state index in [0.29, 0.717) is 5.92 Å². The van der Waals surface area contributed by atoms with Crippen molar-refractivity contribution in [3.8, 4) is 11.3 Å². The summed E-state index contributed by atoms with van der Waals surface area (Å²) < 4.78 is 13.3. The van der Waals surface area contributed by atoms with Crippen LogP contribution in [-0.2, 0) is 6.42 Å². The van der Waals surface area contributed by atoms with Crippen molar-refractivity contribution in [3.63, 3.8) is 0 Å². The van der Waals surface area contributed by atoms with Gasteiger partial charge >= 0.3 is 0 Å². The molecule has 0 aliphatic carbocycles. The molecule has 2 aromatic rings. The number of aromatic nitrogens is 2. The fourth-order valence-corrected chi connectivity index (χ4v) is 2.70. The molecular formula is C15H18FN3. The van der Waals surface area contributed by atoms with Gasteiger partial charge in [-0.15, -0.1) is 0 Å². The average molecular weight is 259 g/mol. The van der Waals surface area contributed by atoms with Crippen LogP contribution in [0.1, 0.15) is 17.9 Å². The first-order chi connectivity index (χ1) is 9.22. The molecule has 4 heteroatoms. The van der Waals surface area contributed by atoms with Gasteiger partial charge in [-0.05, 0) is 44.5 Å². The van der Waals surface area contributed by atoms with Crippen LogP contribution < -0.4 is 5.32 Å². The van der Waals surface area contributed by atoms with E-state index >= 15 is 0 Å². The Kier molecular flexibility index (Phi) is 3.34. The molecule has 3 nitrogen and oxygen atoms in total. The molecular weight excluding hydrogens is 241 g/mol. The molecule has 1 aromatic carbocycles. The van der Waals surface area contributed by atoms with Crippen molar-refractivity contribution in [3.05, 3.63) is 41.6 Å². The van der Waals surface area contributed by atoms with Gasteiger partial charge in [0, 0.05) is 17.7 Å². The smallest absolute Gasteiger partial charge is 0.123 e. The zero-order valence-corrected chi connectivity index (χ0v) is 11.0. The third-order valence-corrected chi connectivity index (χ3v) is 3.68. The number of rotatable bonds is 3. The summed E-state index contributed by atoms with van der Waals surface area (Å²) in [4.78, 5) is 7.96. The molecule has 1 fully saturated rings. The van der Waals surface area contributed by atoms with Crippen LogP contribution in [0.5, 0.6) is 0 Å². The van der Waals surface area contributed by atoms with Crippen LogP contribution >= 0.6 is 0 Å². The Hall–Kier alpha value is -1.68. The molecule has 19 heavy (non-hydrogen) atoms. The third-order valence-electron chi connectivity index (χ3n) is 3.68. The van der Waals surface area contributed by atoms with Gasteiger partial charge in [0.25, 0.3) is 0 Å². The van der Waals surface area contributed by atoms with Gasteiger partial charge in [-0.1, -0.05) is 12.1 Å². The molecule has 0 bridgehead atoms.